The van der Waals surface area contributed by atoms with E-state index in [-0.39, 0.29) is 30.3 Å². The molecule has 0 heterocycles. The van der Waals surface area contributed by atoms with Crippen LogP contribution < -0.4 is 5.32 Å². The van der Waals surface area contributed by atoms with Crippen molar-refractivity contribution < 1.29 is 14.3 Å². The SMILES string of the molecule is CC[C@H](C)[C@@H](C(=O)OCC(=O)Nc1ccccc1C)c1ccccc1. The number of carbonyl (C=O) groups excluding carboxylic acids is 2. The molecule has 0 spiro atoms. The number of para-hydroxylation sites is 1. The minimum absolute atomic E-state index is 0.134. The van der Waals surface area contributed by atoms with Gasteiger partial charge in [-0.25, -0.2) is 0 Å². The smallest absolute Gasteiger partial charge is 0.314 e. The van der Waals surface area contributed by atoms with Gasteiger partial charge in [0, 0.05) is 5.69 Å². The number of amides is 1. The van der Waals surface area contributed by atoms with Gasteiger partial charge in [0.25, 0.3) is 5.91 Å². The van der Waals surface area contributed by atoms with Crippen molar-refractivity contribution in [3.05, 3.63) is 65.7 Å². The quantitative estimate of drug-likeness (QED) is 0.765. The van der Waals surface area contributed by atoms with Crippen LogP contribution in [0.1, 0.15) is 37.3 Å². The van der Waals surface area contributed by atoms with E-state index >= 15 is 0 Å². The molecule has 2 aromatic rings. The molecule has 2 aromatic carbocycles. The fraction of sp³-hybridized carbons (Fsp3) is 0.333. The summed E-state index contributed by atoms with van der Waals surface area (Å²) < 4.78 is 5.30. The molecule has 0 unspecified atom stereocenters. The van der Waals surface area contributed by atoms with Gasteiger partial charge in [0.1, 0.15) is 0 Å². The zero-order valence-corrected chi connectivity index (χ0v) is 15.0. The molecule has 0 radical (unpaired) electrons. The third-order valence-corrected chi connectivity index (χ3v) is 4.39. The Morgan fingerprint density at radius 1 is 1.04 bits per heavy atom. The Morgan fingerprint density at radius 2 is 1.68 bits per heavy atom. The van der Waals surface area contributed by atoms with Crippen LogP contribution in [-0.4, -0.2) is 18.5 Å². The fourth-order valence-corrected chi connectivity index (χ4v) is 2.72. The van der Waals surface area contributed by atoms with E-state index in [0.717, 1.165) is 23.2 Å². The summed E-state index contributed by atoms with van der Waals surface area (Å²) in [7, 11) is 0. The zero-order valence-electron chi connectivity index (χ0n) is 15.0. The number of rotatable bonds is 7. The number of nitrogens with one attached hydrogen (secondary N) is 1. The maximum atomic E-state index is 12.6. The van der Waals surface area contributed by atoms with Gasteiger partial charge >= 0.3 is 5.97 Å². The molecule has 0 saturated carbocycles. The van der Waals surface area contributed by atoms with E-state index in [4.69, 9.17) is 4.74 Å². The van der Waals surface area contributed by atoms with E-state index in [1.165, 1.54) is 0 Å². The molecule has 4 heteroatoms. The Labute approximate surface area is 149 Å². The highest BCUT2D eigenvalue weighted by Gasteiger charge is 2.27. The molecule has 0 aliphatic heterocycles. The summed E-state index contributed by atoms with van der Waals surface area (Å²) in [6.45, 7) is 5.69. The van der Waals surface area contributed by atoms with Gasteiger partial charge < -0.3 is 10.1 Å². The highest BCUT2D eigenvalue weighted by molar-refractivity contribution is 5.93. The molecule has 2 atom stereocenters. The Hall–Kier alpha value is -2.62. The van der Waals surface area contributed by atoms with Gasteiger partial charge in [-0.15, -0.1) is 0 Å². The first-order chi connectivity index (χ1) is 12.0. The van der Waals surface area contributed by atoms with E-state index in [1.807, 2.05) is 75.4 Å². The second-order valence-electron chi connectivity index (χ2n) is 6.24. The highest BCUT2D eigenvalue weighted by atomic mass is 16.5. The van der Waals surface area contributed by atoms with E-state index in [1.54, 1.807) is 0 Å². The summed E-state index contributed by atoms with van der Waals surface area (Å²) in [6.07, 6.45) is 0.851. The number of anilines is 1. The first-order valence-corrected chi connectivity index (χ1v) is 8.60. The van der Waals surface area contributed by atoms with Crippen molar-refractivity contribution in [2.75, 3.05) is 11.9 Å². The maximum absolute atomic E-state index is 12.6. The molecule has 0 bridgehead atoms. The summed E-state index contributed by atoms with van der Waals surface area (Å²) in [6, 6.07) is 17.1. The van der Waals surface area contributed by atoms with Crippen LogP contribution in [-0.2, 0) is 14.3 Å². The van der Waals surface area contributed by atoms with Gasteiger partial charge in [-0.05, 0) is 30.0 Å². The van der Waals surface area contributed by atoms with Crippen molar-refractivity contribution in [2.24, 2.45) is 5.92 Å². The van der Waals surface area contributed by atoms with E-state index in [2.05, 4.69) is 5.32 Å². The predicted molar refractivity (Wildman–Crippen MR) is 99.4 cm³/mol. The van der Waals surface area contributed by atoms with Crippen LogP contribution >= 0.6 is 0 Å². The monoisotopic (exact) mass is 339 g/mol. The largest absolute Gasteiger partial charge is 0.455 e. The van der Waals surface area contributed by atoms with Gasteiger partial charge in [0.2, 0.25) is 0 Å². The molecular weight excluding hydrogens is 314 g/mol. The fourth-order valence-electron chi connectivity index (χ4n) is 2.72. The van der Waals surface area contributed by atoms with Crippen molar-refractivity contribution in [1.29, 1.82) is 0 Å². The van der Waals surface area contributed by atoms with Crippen LogP contribution in [0.4, 0.5) is 5.69 Å². The van der Waals surface area contributed by atoms with Crippen molar-refractivity contribution in [3.63, 3.8) is 0 Å². The normalized spacial score (nSPS) is 12.9. The second kappa shape index (κ2) is 9.02. The summed E-state index contributed by atoms with van der Waals surface area (Å²) in [5, 5.41) is 2.77. The van der Waals surface area contributed by atoms with Gasteiger partial charge in [0.15, 0.2) is 6.61 Å². The number of aryl methyl sites for hydroxylation is 1. The molecule has 2 rings (SSSR count). The number of hydrogen-bond acceptors (Lipinski definition) is 3. The summed E-state index contributed by atoms with van der Waals surface area (Å²) in [4.78, 5) is 24.6. The lowest BCUT2D eigenvalue weighted by atomic mass is 9.86. The first-order valence-electron chi connectivity index (χ1n) is 8.60. The molecule has 0 aromatic heterocycles. The minimum Gasteiger partial charge on any atom is -0.455 e. The number of esters is 1. The lowest BCUT2D eigenvalue weighted by Gasteiger charge is -2.21. The van der Waals surface area contributed by atoms with Crippen molar-refractivity contribution >= 4 is 17.6 Å². The van der Waals surface area contributed by atoms with Crippen molar-refractivity contribution in [2.45, 2.75) is 33.1 Å². The molecule has 0 aliphatic rings. The summed E-state index contributed by atoms with van der Waals surface area (Å²) in [5.41, 5.74) is 2.61. The van der Waals surface area contributed by atoms with Crippen LogP contribution in [0.25, 0.3) is 0 Å². The van der Waals surface area contributed by atoms with Gasteiger partial charge in [-0.1, -0.05) is 68.8 Å². The topological polar surface area (TPSA) is 55.4 Å². The van der Waals surface area contributed by atoms with Gasteiger partial charge in [0.05, 0.1) is 5.92 Å². The van der Waals surface area contributed by atoms with E-state index in [0.29, 0.717) is 0 Å². The molecule has 0 fully saturated rings. The van der Waals surface area contributed by atoms with Crippen LogP contribution in [0.5, 0.6) is 0 Å². The van der Waals surface area contributed by atoms with Crippen LogP contribution in [0.2, 0.25) is 0 Å². The lowest BCUT2D eigenvalue weighted by molar-refractivity contribution is -0.150. The average molecular weight is 339 g/mol. The lowest BCUT2D eigenvalue weighted by Crippen LogP contribution is -2.27. The molecular formula is C21H25NO3. The standard InChI is InChI=1S/C21H25NO3/c1-4-15(2)20(17-11-6-5-7-12-17)21(24)25-14-19(23)22-18-13-9-8-10-16(18)3/h5-13,15,20H,4,14H2,1-3H3,(H,22,23)/t15-,20+/m0/s1. The Kier molecular flexibility index (Phi) is 6.75. The van der Waals surface area contributed by atoms with Crippen molar-refractivity contribution in [1.82, 2.24) is 0 Å². The third kappa shape index (κ3) is 5.18. The summed E-state index contributed by atoms with van der Waals surface area (Å²) in [5.74, 6) is -0.925. The molecule has 4 nitrogen and oxygen atoms in total. The number of hydrogen-bond donors (Lipinski definition) is 1. The van der Waals surface area contributed by atoms with Crippen LogP contribution in [0, 0.1) is 12.8 Å². The first kappa shape index (κ1) is 18.7. The molecule has 1 amide bonds. The van der Waals surface area contributed by atoms with E-state index in [9.17, 15) is 9.59 Å². The molecule has 1 N–H and O–H groups in total. The average Bonchev–Trinajstić information content (AvgIpc) is 2.63. The predicted octanol–water partition coefficient (Wildman–Crippen LogP) is 4.31. The van der Waals surface area contributed by atoms with Crippen LogP contribution in [0.3, 0.4) is 0 Å². The maximum Gasteiger partial charge on any atom is 0.314 e. The Balaban J connectivity index is 1.99. The van der Waals surface area contributed by atoms with Gasteiger partial charge in [-0.3, -0.25) is 9.59 Å². The molecule has 0 saturated heterocycles. The molecule has 25 heavy (non-hydrogen) atoms. The third-order valence-electron chi connectivity index (χ3n) is 4.39. The minimum atomic E-state index is -0.363. The highest BCUT2D eigenvalue weighted by Crippen LogP contribution is 2.28. The number of benzene rings is 2. The molecule has 132 valence electrons. The number of ether oxygens (including phenoxy) is 1. The summed E-state index contributed by atoms with van der Waals surface area (Å²) >= 11 is 0. The van der Waals surface area contributed by atoms with Crippen LogP contribution in [0.15, 0.2) is 54.6 Å². The number of carbonyl (C=O) groups is 2. The van der Waals surface area contributed by atoms with Gasteiger partial charge in [-0.2, -0.15) is 0 Å². The zero-order chi connectivity index (χ0) is 18.2. The van der Waals surface area contributed by atoms with Crippen molar-refractivity contribution in [3.8, 4) is 0 Å². The second-order valence-corrected chi connectivity index (χ2v) is 6.24. The molecule has 0 aliphatic carbocycles. The Bertz CT molecular complexity index is 712. The Morgan fingerprint density at radius 3 is 2.32 bits per heavy atom. The van der Waals surface area contributed by atoms with E-state index < -0.39 is 0 Å².